The van der Waals surface area contributed by atoms with Crippen LogP contribution in [0.5, 0.6) is 0 Å². The van der Waals surface area contributed by atoms with Gasteiger partial charge in [0.05, 0.1) is 18.8 Å². The highest BCUT2D eigenvalue weighted by atomic mass is 35.5. The highest BCUT2D eigenvalue weighted by Gasteiger charge is 2.21. The summed E-state index contributed by atoms with van der Waals surface area (Å²) in [5.74, 6) is 0.907. The summed E-state index contributed by atoms with van der Waals surface area (Å²) in [7, 11) is 0. The molecule has 5 nitrogen and oxygen atoms in total. The first kappa shape index (κ1) is 13.5. The maximum atomic E-state index is 6.01. The van der Waals surface area contributed by atoms with Crippen LogP contribution in [0.2, 0.25) is 5.02 Å². The minimum Gasteiger partial charge on any atom is -0.376 e. The Morgan fingerprint density at radius 2 is 2.10 bits per heavy atom. The van der Waals surface area contributed by atoms with Crippen LogP contribution >= 0.6 is 11.6 Å². The molecule has 1 fully saturated rings. The minimum atomic E-state index is -0.361. The predicted molar refractivity (Wildman–Crippen MR) is 75.3 cm³/mol. The van der Waals surface area contributed by atoms with E-state index < -0.39 is 0 Å². The number of halogens is 1. The van der Waals surface area contributed by atoms with Crippen LogP contribution in [0, 0.1) is 0 Å². The van der Waals surface area contributed by atoms with E-state index in [4.69, 9.17) is 26.6 Å². The molecule has 0 bridgehead atoms. The summed E-state index contributed by atoms with van der Waals surface area (Å²) in [6, 6.07) is 6.85. The van der Waals surface area contributed by atoms with E-state index in [2.05, 4.69) is 10.1 Å². The zero-order valence-electron chi connectivity index (χ0n) is 11.0. The summed E-state index contributed by atoms with van der Waals surface area (Å²) in [5.41, 5.74) is 6.83. The monoisotopic (exact) mass is 293 g/mol. The van der Waals surface area contributed by atoms with Crippen LogP contribution in [-0.2, 0) is 4.74 Å². The fourth-order valence-corrected chi connectivity index (χ4v) is 2.07. The topological polar surface area (TPSA) is 74.2 Å². The Kier molecular flexibility index (Phi) is 4.00. The van der Waals surface area contributed by atoms with E-state index in [-0.39, 0.29) is 6.04 Å². The Bertz CT molecular complexity index is 566. The van der Waals surface area contributed by atoms with Crippen molar-refractivity contribution in [2.24, 2.45) is 5.73 Å². The van der Waals surface area contributed by atoms with Crippen LogP contribution in [0.25, 0.3) is 11.5 Å². The number of nitrogens with zero attached hydrogens (tertiary/aromatic N) is 2. The van der Waals surface area contributed by atoms with Crippen LogP contribution < -0.4 is 5.73 Å². The zero-order valence-corrected chi connectivity index (χ0v) is 11.7. The van der Waals surface area contributed by atoms with Crippen molar-refractivity contribution >= 4 is 11.6 Å². The van der Waals surface area contributed by atoms with Gasteiger partial charge in [0.1, 0.15) is 0 Å². The lowest BCUT2D eigenvalue weighted by molar-refractivity contribution is -0.00549. The Hall–Kier alpha value is -1.43. The van der Waals surface area contributed by atoms with Gasteiger partial charge in [0.2, 0.25) is 0 Å². The quantitative estimate of drug-likeness (QED) is 0.917. The summed E-state index contributed by atoms with van der Waals surface area (Å²) in [4.78, 5) is 4.31. The van der Waals surface area contributed by atoms with Crippen molar-refractivity contribution in [3.63, 3.8) is 0 Å². The van der Waals surface area contributed by atoms with E-state index in [1.807, 2.05) is 12.1 Å². The van der Waals surface area contributed by atoms with Crippen molar-refractivity contribution in [3.05, 3.63) is 35.1 Å². The van der Waals surface area contributed by atoms with Crippen molar-refractivity contribution in [3.8, 4) is 11.5 Å². The molecule has 0 saturated heterocycles. The molecule has 1 atom stereocenters. The Balaban J connectivity index is 1.64. The van der Waals surface area contributed by atoms with Crippen LogP contribution in [-0.4, -0.2) is 22.9 Å². The number of hydrogen-bond acceptors (Lipinski definition) is 5. The molecule has 0 amide bonds. The fraction of sp³-hybridized carbons (Fsp3) is 0.429. The number of ether oxygens (including phenoxy) is 1. The van der Waals surface area contributed by atoms with Gasteiger partial charge in [0.25, 0.3) is 5.89 Å². The van der Waals surface area contributed by atoms with Crippen molar-refractivity contribution in [1.82, 2.24) is 10.1 Å². The third-order valence-corrected chi connectivity index (χ3v) is 3.68. The third-order valence-electron chi connectivity index (χ3n) is 3.43. The van der Waals surface area contributed by atoms with Gasteiger partial charge in [0, 0.05) is 10.6 Å². The lowest BCUT2D eigenvalue weighted by Crippen LogP contribution is -2.27. The molecule has 1 saturated carbocycles. The van der Waals surface area contributed by atoms with Gasteiger partial charge >= 0.3 is 0 Å². The molecule has 1 aromatic heterocycles. The molecule has 106 valence electrons. The highest BCUT2D eigenvalue weighted by Crippen LogP contribution is 2.24. The highest BCUT2D eigenvalue weighted by molar-refractivity contribution is 6.30. The molecule has 20 heavy (non-hydrogen) atoms. The molecule has 2 N–H and O–H groups in total. The number of aromatic nitrogens is 2. The second kappa shape index (κ2) is 5.91. The second-order valence-electron chi connectivity index (χ2n) is 4.96. The van der Waals surface area contributed by atoms with E-state index >= 15 is 0 Å². The normalized spacial score (nSPS) is 16.9. The molecule has 2 aromatic rings. The van der Waals surface area contributed by atoms with Crippen molar-refractivity contribution in [1.29, 1.82) is 0 Å². The van der Waals surface area contributed by atoms with Crippen LogP contribution in [0.3, 0.4) is 0 Å². The number of hydrogen-bond donors (Lipinski definition) is 1. The van der Waals surface area contributed by atoms with Gasteiger partial charge in [-0.3, -0.25) is 0 Å². The van der Waals surface area contributed by atoms with E-state index in [9.17, 15) is 0 Å². The van der Waals surface area contributed by atoms with Gasteiger partial charge in [0.15, 0.2) is 5.82 Å². The molecule has 1 heterocycles. The molecule has 0 aliphatic heterocycles. The maximum Gasteiger partial charge on any atom is 0.257 e. The standard InChI is InChI=1S/C14H16ClN3O2/c15-10-6-4-9(5-7-10)14-17-13(18-20-14)12(16)8-19-11-2-1-3-11/h4-7,11-12H,1-3,8,16H2. The first-order chi connectivity index (χ1) is 9.72. The maximum absolute atomic E-state index is 6.01. The van der Waals surface area contributed by atoms with Crippen LogP contribution in [0.4, 0.5) is 0 Å². The summed E-state index contributed by atoms with van der Waals surface area (Å²) < 4.78 is 10.9. The van der Waals surface area contributed by atoms with E-state index in [0.717, 1.165) is 18.4 Å². The summed E-state index contributed by atoms with van der Waals surface area (Å²) in [6.45, 7) is 0.421. The van der Waals surface area contributed by atoms with Crippen molar-refractivity contribution in [2.75, 3.05) is 6.61 Å². The first-order valence-electron chi connectivity index (χ1n) is 6.69. The van der Waals surface area contributed by atoms with Crippen LogP contribution in [0.15, 0.2) is 28.8 Å². The number of rotatable bonds is 5. The molecule has 0 radical (unpaired) electrons. The molecule has 1 aliphatic rings. The first-order valence-corrected chi connectivity index (χ1v) is 7.07. The van der Waals surface area contributed by atoms with E-state index in [1.165, 1.54) is 6.42 Å². The summed E-state index contributed by atoms with van der Waals surface area (Å²) >= 11 is 5.84. The fourth-order valence-electron chi connectivity index (χ4n) is 1.95. The summed E-state index contributed by atoms with van der Waals surface area (Å²) in [5, 5.41) is 4.58. The lowest BCUT2D eigenvalue weighted by Gasteiger charge is -2.26. The molecule has 1 aromatic carbocycles. The molecule has 1 aliphatic carbocycles. The van der Waals surface area contributed by atoms with E-state index in [1.54, 1.807) is 12.1 Å². The Morgan fingerprint density at radius 3 is 2.75 bits per heavy atom. The van der Waals surface area contributed by atoms with Crippen LogP contribution in [0.1, 0.15) is 31.1 Å². The average molecular weight is 294 g/mol. The van der Waals surface area contributed by atoms with Crippen molar-refractivity contribution < 1.29 is 9.26 Å². The van der Waals surface area contributed by atoms with Gasteiger partial charge in [-0.2, -0.15) is 4.98 Å². The average Bonchev–Trinajstić information content (AvgIpc) is 2.87. The lowest BCUT2D eigenvalue weighted by atomic mass is 9.96. The number of benzene rings is 1. The van der Waals surface area contributed by atoms with Crippen molar-refractivity contribution in [2.45, 2.75) is 31.4 Å². The summed E-state index contributed by atoms with van der Waals surface area (Å²) in [6.07, 6.45) is 3.83. The SMILES string of the molecule is NC(COC1CCC1)c1noc(-c2ccc(Cl)cc2)n1. The molecular weight excluding hydrogens is 278 g/mol. The zero-order chi connectivity index (χ0) is 13.9. The molecule has 0 spiro atoms. The van der Waals surface area contributed by atoms with E-state index in [0.29, 0.717) is 29.4 Å². The second-order valence-corrected chi connectivity index (χ2v) is 5.39. The molecule has 1 unspecified atom stereocenters. The third kappa shape index (κ3) is 3.00. The van der Waals surface area contributed by atoms with Gasteiger partial charge in [-0.15, -0.1) is 0 Å². The molecular formula is C14H16ClN3O2. The largest absolute Gasteiger partial charge is 0.376 e. The van der Waals surface area contributed by atoms with Gasteiger partial charge in [-0.1, -0.05) is 16.8 Å². The minimum absolute atomic E-state index is 0.351. The molecule has 3 rings (SSSR count). The molecule has 6 heteroatoms. The predicted octanol–water partition coefficient (Wildman–Crippen LogP) is 2.96. The van der Waals surface area contributed by atoms with Gasteiger partial charge < -0.3 is 15.0 Å². The Morgan fingerprint density at radius 1 is 1.35 bits per heavy atom. The van der Waals surface area contributed by atoms with Gasteiger partial charge in [-0.25, -0.2) is 0 Å². The smallest absolute Gasteiger partial charge is 0.257 e. The number of nitrogens with two attached hydrogens (primary N) is 1. The van der Waals surface area contributed by atoms with Gasteiger partial charge in [-0.05, 0) is 43.5 Å². The Labute approximate surface area is 122 Å².